The number of hydrogen-bond acceptors (Lipinski definition) is 3. The van der Waals surface area contributed by atoms with Gasteiger partial charge >= 0.3 is 0 Å². The van der Waals surface area contributed by atoms with Gasteiger partial charge in [-0.1, -0.05) is 20.8 Å². The third-order valence-corrected chi connectivity index (χ3v) is 6.91. The Bertz CT molecular complexity index is 433. The van der Waals surface area contributed by atoms with Gasteiger partial charge in [0.2, 0.25) is 0 Å². The lowest BCUT2D eigenvalue weighted by Crippen LogP contribution is -2.54. The van der Waals surface area contributed by atoms with Crippen LogP contribution in [0.15, 0.2) is 0 Å². The second-order valence-corrected chi connectivity index (χ2v) is 9.58. The molecule has 0 heterocycles. The van der Waals surface area contributed by atoms with Crippen LogP contribution in [0.4, 0.5) is 0 Å². The fourth-order valence-electron chi connectivity index (χ4n) is 4.56. The topological polar surface area (TPSA) is 54.4 Å². The summed E-state index contributed by atoms with van der Waals surface area (Å²) in [6.45, 7) is 6.49. The van der Waals surface area contributed by atoms with Crippen molar-refractivity contribution in [1.82, 2.24) is 0 Å². The van der Waals surface area contributed by atoms with Gasteiger partial charge in [0, 0.05) is 12.0 Å². The van der Waals surface area contributed by atoms with E-state index in [-0.39, 0.29) is 16.6 Å². The summed E-state index contributed by atoms with van der Waals surface area (Å²) in [6, 6.07) is 0. The van der Waals surface area contributed by atoms with Gasteiger partial charge in [-0.2, -0.15) is 0 Å². The second-order valence-electron chi connectivity index (χ2n) is 7.32. The van der Waals surface area contributed by atoms with E-state index >= 15 is 0 Å². The lowest BCUT2D eigenvalue weighted by atomic mass is 9.59. The largest absolute Gasteiger partial charge is 0.389 e. The molecule has 3 atom stereocenters. The van der Waals surface area contributed by atoms with Gasteiger partial charge in [-0.15, -0.1) is 0 Å². The smallest absolute Gasteiger partial charge is 0.147 e. The average Bonchev–Trinajstić information content (AvgIpc) is 2.64. The molecule has 2 saturated carbocycles. The Hall–Kier alpha value is -0.0900. The van der Waals surface area contributed by atoms with Gasteiger partial charge < -0.3 is 5.11 Å². The fraction of sp³-hybridized carbons (Fsp3) is 1.00. The number of sulfone groups is 1. The molecule has 18 heavy (non-hydrogen) atoms. The van der Waals surface area contributed by atoms with E-state index in [1.165, 1.54) is 12.7 Å². The van der Waals surface area contributed by atoms with Gasteiger partial charge in [0.25, 0.3) is 0 Å². The van der Waals surface area contributed by atoms with Crippen LogP contribution in [0.25, 0.3) is 0 Å². The van der Waals surface area contributed by atoms with E-state index in [4.69, 9.17) is 0 Å². The molecular formula is C14H26O3S. The minimum atomic E-state index is -2.92. The first-order valence-electron chi connectivity index (χ1n) is 6.92. The van der Waals surface area contributed by atoms with Gasteiger partial charge in [-0.05, 0) is 48.9 Å². The zero-order valence-electron chi connectivity index (χ0n) is 12.0. The summed E-state index contributed by atoms with van der Waals surface area (Å²) in [5.74, 6) is 0.775. The molecule has 0 aromatic heterocycles. The third kappa shape index (κ3) is 1.92. The van der Waals surface area contributed by atoms with Crippen LogP contribution in [-0.2, 0) is 9.84 Å². The van der Waals surface area contributed by atoms with Crippen molar-refractivity contribution in [3.05, 3.63) is 0 Å². The Labute approximate surface area is 111 Å². The van der Waals surface area contributed by atoms with Crippen LogP contribution in [0.2, 0.25) is 0 Å². The Morgan fingerprint density at radius 2 is 1.89 bits per heavy atom. The van der Waals surface area contributed by atoms with Crippen molar-refractivity contribution in [3.63, 3.8) is 0 Å². The van der Waals surface area contributed by atoms with E-state index in [2.05, 4.69) is 20.8 Å². The van der Waals surface area contributed by atoms with Crippen molar-refractivity contribution in [3.8, 4) is 0 Å². The highest BCUT2D eigenvalue weighted by atomic mass is 32.2. The summed E-state index contributed by atoms with van der Waals surface area (Å²) in [6.07, 6.45) is 5.83. The van der Waals surface area contributed by atoms with Crippen LogP contribution in [0.3, 0.4) is 0 Å². The fourth-order valence-corrected chi connectivity index (χ4v) is 5.23. The molecule has 2 aliphatic carbocycles. The predicted molar refractivity (Wildman–Crippen MR) is 73.1 cm³/mol. The first-order valence-corrected chi connectivity index (χ1v) is 8.98. The molecule has 2 rings (SSSR count). The predicted octanol–water partition coefficient (Wildman–Crippen LogP) is 2.39. The molecule has 2 fully saturated rings. The lowest BCUT2D eigenvalue weighted by Gasteiger charge is -2.51. The molecule has 2 bridgehead atoms. The average molecular weight is 274 g/mol. The molecule has 0 aromatic rings. The Balaban J connectivity index is 2.14. The molecule has 0 radical (unpaired) electrons. The van der Waals surface area contributed by atoms with Crippen LogP contribution in [0, 0.1) is 16.7 Å². The van der Waals surface area contributed by atoms with E-state index in [0.29, 0.717) is 18.8 Å². The van der Waals surface area contributed by atoms with Gasteiger partial charge in [0.15, 0.2) is 0 Å². The molecule has 4 heteroatoms. The van der Waals surface area contributed by atoms with Gasteiger partial charge in [0.05, 0.1) is 5.60 Å². The van der Waals surface area contributed by atoms with Crippen LogP contribution in [0.5, 0.6) is 0 Å². The molecule has 1 N–H and O–H groups in total. The van der Waals surface area contributed by atoms with Crippen molar-refractivity contribution in [2.75, 3.05) is 12.0 Å². The van der Waals surface area contributed by atoms with E-state index in [9.17, 15) is 13.5 Å². The number of hydrogen-bond donors (Lipinski definition) is 1. The highest BCUT2D eigenvalue weighted by Gasteiger charge is 2.67. The summed E-state index contributed by atoms with van der Waals surface area (Å²) in [4.78, 5) is 0. The standard InChI is InChI=1S/C14H26O3S/c1-12(2)11-6-8-13(3,10-11)14(12,15)7-5-9-18(4,16)17/h11,15H,5-10H2,1-4H3. The molecule has 3 unspecified atom stereocenters. The zero-order chi connectivity index (χ0) is 13.8. The molecule has 0 aromatic carbocycles. The van der Waals surface area contributed by atoms with Crippen molar-refractivity contribution < 1.29 is 13.5 Å². The van der Waals surface area contributed by atoms with Crippen LogP contribution in [0.1, 0.15) is 52.9 Å². The maximum Gasteiger partial charge on any atom is 0.147 e. The Kier molecular flexibility index (Phi) is 3.14. The van der Waals surface area contributed by atoms with Crippen molar-refractivity contribution in [2.45, 2.75) is 58.5 Å². The van der Waals surface area contributed by atoms with E-state index in [1.807, 2.05) is 0 Å². The third-order valence-electron chi connectivity index (χ3n) is 5.88. The summed E-state index contributed by atoms with van der Waals surface area (Å²) < 4.78 is 22.5. The molecule has 3 nitrogen and oxygen atoms in total. The Morgan fingerprint density at radius 3 is 2.33 bits per heavy atom. The molecule has 0 aliphatic heterocycles. The summed E-state index contributed by atoms with van der Waals surface area (Å²) >= 11 is 0. The first-order chi connectivity index (χ1) is 8.02. The first kappa shape index (κ1) is 14.3. The monoisotopic (exact) mass is 274 g/mol. The molecule has 0 spiro atoms. The number of rotatable bonds is 4. The maximum atomic E-state index is 11.2. The normalized spacial score (nSPS) is 42.4. The number of fused-ring (bicyclic) bond motifs is 2. The zero-order valence-corrected chi connectivity index (χ0v) is 12.8. The highest BCUT2D eigenvalue weighted by Crippen LogP contribution is 2.69. The molecule has 2 aliphatic rings. The van der Waals surface area contributed by atoms with Gasteiger partial charge in [-0.25, -0.2) is 8.42 Å². The van der Waals surface area contributed by atoms with Crippen molar-refractivity contribution in [1.29, 1.82) is 0 Å². The van der Waals surface area contributed by atoms with Gasteiger partial charge in [-0.3, -0.25) is 0 Å². The molecule has 0 amide bonds. The SMILES string of the molecule is CC12CCC(C1)C(C)(C)C2(O)CCCS(C)(=O)=O. The second kappa shape index (κ2) is 3.95. The minimum absolute atomic E-state index is 0.0152. The van der Waals surface area contributed by atoms with Crippen LogP contribution >= 0.6 is 0 Å². The quantitative estimate of drug-likeness (QED) is 0.856. The van der Waals surface area contributed by atoms with Crippen LogP contribution in [-0.4, -0.2) is 31.1 Å². The molecule has 106 valence electrons. The molecule has 0 saturated heterocycles. The van der Waals surface area contributed by atoms with Crippen molar-refractivity contribution in [2.24, 2.45) is 16.7 Å². The lowest BCUT2D eigenvalue weighted by molar-refractivity contribution is -0.147. The maximum absolute atomic E-state index is 11.2. The van der Waals surface area contributed by atoms with Crippen molar-refractivity contribution >= 4 is 9.84 Å². The minimum Gasteiger partial charge on any atom is -0.389 e. The summed E-state index contributed by atoms with van der Waals surface area (Å²) in [7, 11) is -2.92. The number of aliphatic hydroxyl groups is 1. The summed E-state index contributed by atoms with van der Waals surface area (Å²) in [5, 5.41) is 11.2. The summed E-state index contributed by atoms with van der Waals surface area (Å²) in [5.41, 5.74) is -0.802. The molecular weight excluding hydrogens is 248 g/mol. The Morgan fingerprint density at radius 1 is 1.28 bits per heavy atom. The highest BCUT2D eigenvalue weighted by molar-refractivity contribution is 7.90. The van der Waals surface area contributed by atoms with Gasteiger partial charge in [0.1, 0.15) is 9.84 Å². The van der Waals surface area contributed by atoms with E-state index in [0.717, 1.165) is 12.8 Å². The van der Waals surface area contributed by atoms with E-state index < -0.39 is 15.4 Å². The van der Waals surface area contributed by atoms with E-state index in [1.54, 1.807) is 0 Å². The van der Waals surface area contributed by atoms with Crippen LogP contribution < -0.4 is 0 Å².